The van der Waals surface area contributed by atoms with E-state index in [-0.39, 0.29) is 42.1 Å². The first-order valence-corrected chi connectivity index (χ1v) is 14.9. The molecule has 9 heteroatoms. The highest BCUT2D eigenvalue weighted by molar-refractivity contribution is 7.15. The number of methoxy groups -OCH3 is 1. The van der Waals surface area contributed by atoms with Crippen LogP contribution in [0.1, 0.15) is 87.8 Å². The molecule has 214 valence electrons. The van der Waals surface area contributed by atoms with Crippen LogP contribution in [0.2, 0.25) is 0 Å². The Morgan fingerprint density at radius 1 is 1.21 bits per heavy atom. The smallest absolute Gasteiger partial charge is 0.226 e. The van der Waals surface area contributed by atoms with Gasteiger partial charge in [-0.1, -0.05) is 51.8 Å². The molecule has 0 unspecified atom stereocenters. The lowest BCUT2D eigenvalue weighted by Gasteiger charge is -2.58. The third-order valence-electron chi connectivity index (χ3n) is 9.21. The summed E-state index contributed by atoms with van der Waals surface area (Å²) in [6.07, 6.45) is 4.93. The van der Waals surface area contributed by atoms with Crippen molar-refractivity contribution in [3.63, 3.8) is 0 Å². The molecule has 2 aliphatic carbocycles. The fourth-order valence-corrected chi connectivity index (χ4v) is 7.80. The van der Waals surface area contributed by atoms with Gasteiger partial charge in [-0.3, -0.25) is 9.59 Å². The van der Waals surface area contributed by atoms with Crippen LogP contribution in [0.15, 0.2) is 24.3 Å². The molecule has 4 N–H and O–H groups in total. The minimum Gasteiger partial charge on any atom is -0.496 e. The summed E-state index contributed by atoms with van der Waals surface area (Å²) in [6.45, 7) is 6.47. The molecule has 1 heterocycles. The molecule has 1 saturated carbocycles. The number of hydrogen-bond acceptors (Lipinski definition) is 7. The molecule has 8 nitrogen and oxygen atoms in total. The van der Waals surface area contributed by atoms with Gasteiger partial charge in [-0.25, -0.2) is 4.98 Å². The average Bonchev–Trinajstić information content (AvgIpc) is 3.33. The second-order valence-corrected chi connectivity index (χ2v) is 12.7. The fourth-order valence-electron chi connectivity index (χ4n) is 6.72. The summed E-state index contributed by atoms with van der Waals surface area (Å²) >= 11 is 1.46. The van der Waals surface area contributed by atoms with Gasteiger partial charge in [0.05, 0.1) is 25.5 Å². The topological polar surface area (TPSA) is 121 Å². The molecule has 0 radical (unpaired) electrons. The van der Waals surface area contributed by atoms with Crippen LogP contribution >= 0.6 is 11.3 Å². The largest absolute Gasteiger partial charge is 0.496 e. The van der Waals surface area contributed by atoms with E-state index in [4.69, 9.17) is 9.72 Å². The number of nitrogens with one attached hydrogen (secondary N) is 2. The van der Waals surface area contributed by atoms with Gasteiger partial charge in [0.15, 0.2) is 5.13 Å². The van der Waals surface area contributed by atoms with Gasteiger partial charge in [-0.05, 0) is 43.1 Å². The highest BCUT2D eigenvalue weighted by Gasteiger charge is 2.59. The summed E-state index contributed by atoms with van der Waals surface area (Å²) in [5, 5.41) is 28.0. The Labute approximate surface area is 235 Å². The van der Waals surface area contributed by atoms with E-state index in [0.717, 1.165) is 47.6 Å². The van der Waals surface area contributed by atoms with E-state index in [0.29, 0.717) is 30.9 Å². The first kappa shape index (κ1) is 29.5. The lowest BCUT2D eigenvalue weighted by Crippen LogP contribution is -2.57. The molecule has 2 amide bonds. The molecule has 5 atom stereocenters. The Bertz CT molecular complexity index is 1170. The van der Waals surface area contributed by atoms with Crippen LogP contribution in [-0.4, -0.2) is 46.8 Å². The van der Waals surface area contributed by atoms with Gasteiger partial charge in [-0.15, -0.1) is 11.3 Å². The number of aliphatic hydroxyl groups excluding tert-OH is 2. The standard InChI is InChI=1S/C30H43N3O5S/c1-5-6-7-12-25(36)32-28-33-27-20(15-26(37)31-17-19-10-8-9-11-21(19)38-4)29(2)14-13-24(35)30(3,18-34)23(29)16-22(27)39-28/h8-11,20,23-24,34-35H,5-7,12-18H2,1-4H3,(H,31,37)(H,32,33,36)/t20-,23+,24-,29+,30+/m1/s1. The Hall–Kier alpha value is -2.49. The molecular formula is C30H43N3O5S. The Morgan fingerprint density at radius 2 is 1.97 bits per heavy atom. The van der Waals surface area contributed by atoms with Gasteiger partial charge in [0.2, 0.25) is 11.8 Å². The number of benzene rings is 1. The molecule has 0 aliphatic heterocycles. The van der Waals surface area contributed by atoms with Crippen molar-refractivity contribution in [3.05, 3.63) is 40.4 Å². The number of ether oxygens (including phenoxy) is 1. The number of aromatic nitrogens is 1. The van der Waals surface area contributed by atoms with Crippen LogP contribution in [0.5, 0.6) is 5.75 Å². The van der Waals surface area contributed by atoms with Crippen LogP contribution in [0, 0.1) is 16.7 Å². The second kappa shape index (κ2) is 12.4. The summed E-state index contributed by atoms with van der Waals surface area (Å²) in [6, 6.07) is 7.61. The zero-order valence-electron chi connectivity index (χ0n) is 23.6. The van der Waals surface area contributed by atoms with Crippen molar-refractivity contribution < 1.29 is 24.5 Å². The van der Waals surface area contributed by atoms with Crippen molar-refractivity contribution in [1.82, 2.24) is 10.3 Å². The number of nitrogens with zero attached hydrogens (tertiary/aromatic N) is 1. The van der Waals surface area contributed by atoms with Crippen molar-refractivity contribution in [2.45, 2.75) is 90.7 Å². The number of unbranched alkanes of at least 4 members (excludes halogenated alkanes) is 2. The third-order valence-corrected chi connectivity index (χ3v) is 10.2. The predicted molar refractivity (Wildman–Crippen MR) is 153 cm³/mol. The maximum absolute atomic E-state index is 13.4. The van der Waals surface area contributed by atoms with E-state index >= 15 is 0 Å². The van der Waals surface area contributed by atoms with Gasteiger partial charge in [0.1, 0.15) is 5.75 Å². The highest BCUT2D eigenvalue weighted by atomic mass is 32.1. The monoisotopic (exact) mass is 557 g/mol. The molecule has 39 heavy (non-hydrogen) atoms. The molecule has 0 spiro atoms. The van der Waals surface area contributed by atoms with Crippen LogP contribution in [0.4, 0.5) is 5.13 Å². The van der Waals surface area contributed by atoms with Crippen molar-refractivity contribution in [2.75, 3.05) is 19.0 Å². The highest BCUT2D eigenvalue weighted by Crippen LogP contribution is 2.62. The van der Waals surface area contributed by atoms with Gasteiger partial charge >= 0.3 is 0 Å². The summed E-state index contributed by atoms with van der Waals surface area (Å²) in [5.41, 5.74) is 0.732. The average molecular weight is 558 g/mol. The SMILES string of the molecule is CCCCCC(=O)Nc1nc2c(s1)C[C@@H]1[C@](C)(CO)[C@H](O)CC[C@@]1(C)[C@@H]2CC(=O)NCc1ccccc1OC. The Kier molecular flexibility index (Phi) is 9.34. The first-order valence-electron chi connectivity index (χ1n) is 14.1. The molecule has 1 aromatic heterocycles. The lowest BCUT2D eigenvalue weighted by molar-refractivity contribution is -0.144. The zero-order valence-corrected chi connectivity index (χ0v) is 24.4. The summed E-state index contributed by atoms with van der Waals surface area (Å²) in [4.78, 5) is 31.9. The van der Waals surface area contributed by atoms with Gasteiger partial charge in [-0.2, -0.15) is 0 Å². The van der Waals surface area contributed by atoms with Crippen molar-refractivity contribution in [3.8, 4) is 5.75 Å². The molecule has 4 rings (SSSR count). The summed E-state index contributed by atoms with van der Waals surface area (Å²) < 4.78 is 5.43. The number of para-hydroxylation sites is 1. The number of amides is 2. The third kappa shape index (κ3) is 6.00. The fraction of sp³-hybridized carbons (Fsp3) is 0.633. The van der Waals surface area contributed by atoms with E-state index < -0.39 is 11.5 Å². The second-order valence-electron chi connectivity index (χ2n) is 11.7. The lowest BCUT2D eigenvalue weighted by atomic mass is 9.47. The van der Waals surface area contributed by atoms with Crippen LogP contribution in [0.3, 0.4) is 0 Å². The number of carbonyl (C=O) groups is 2. The van der Waals surface area contributed by atoms with Gasteiger partial charge in [0, 0.05) is 41.2 Å². The Morgan fingerprint density at radius 3 is 2.69 bits per heavy atom. The molecule has 0 bridgehead atoms. The zero-order chi connectivity index (χ0) is 28.2. The van der Waals surface area contributed by atoms with Crippen LogP contribution in [-0.2, 0) is 22.6 Å². The number of hydrogen-bond donors (Lipinski definition) is 4. The van der Waals surface area contributed by atoms with Crippen molar-refractivity contribution in [1.29, 1.82) is 0 Å². The molecular weight excluding hydrogens is 514 g/mol. The maximum atomic E-state index is 13.4. The Balaban J connectivity index is 1.60. The van der Waals surface area contributed by atoms with E-state index in [9.17, 15) is 19.8 Å². The normalized spacial score (nSPS) is 27.8. The number of thiazole rings is 1. The van der Waals surface area contributed by atoms with E-state index in [1.54, 1.807) is 7.11 Å². The van der Waals surface area contributed by atoms with E-state index in [1.807, 2.05) is 31.2 Å². The minimum absolute atomic E-state index is 0.0353. The van der Waals surface area contributed by atoms with Crippen molar-refractivity contribution >= 4 is 28.3 Å². The molecule has 2 aromatic rings. The summed E-state index contributed by atoms with van der Waals surface area (Å²) in [5.74, 6) is 0.355. The molecule has 1 aromatic carbocycles. The number of carbonyl (C=O) groups excluding carboxylic acids is 2. The number of rotatable bonds is 11. The number of aliphatic hydroxyl groups is 2. The van der Waals surface area contributed by atoms with Gasteiger partial charge in [0.25, 0.3) is 0 Å². The first-order chi connectivity index (χ1) is 18.7. The number of anilines is 1. The maximum Gasteiger partial charge on any atom is 0.226 e. The van der Waals surface area contributed by atoms with Crippen LogP contribution in [0.25, 0.3) is 0 Å². The van der Waals surface area contributed by atoms with E-state index in [2.05, 4.69) is 24.5 Å². The van der Waals surface area contributed by atoms with Crippen LogP contribution < -0.4 is 15.4 Å². The predicted octanol–water partition coefficient (Wildman–Crippen LogP) is 4.79. The molecule has 0 saturated heterocycles. The summed E-state index contributed by atoms with van der Waals surface area (Å²) in [7, 11) is 1.61. The molecule has 2 aliphatic rings. The minimum atomic E-state index is -0.690. The number of fused-ring (bicyclic) bond motifs is 2. The quantitative estimate of drug-likeness (QED) is 0.295. The molecule has 1 fully saturated rings. The van der Waals surface area contributed by atoms with Crippen molar-refractivity contribution in [2.24, 2.45) is 16.7 Å². The van der Waals surface area contributed by atoms with E-state index in [1.165, 1.54) is 11.3 Å². The van der Waals surface area contributed by atoms with Gasteiger partial charge < -0.3 is 25.6 Å².